The molecule has 1 aromatic rings. The Morgan fingerprint density at radius 3 is 2.41 bits per heavy atom. The summed E-state index contributed by atoms with van der Waals surface area (Å²) < 4.78 is 11.7. The van der Waals surface area contributed by atoms with E-state index in [4.69, 9.17) is 9.47 Å². The van der Waals surface area contributed by atoms with Crippen molar-refractivity contribution < 1.29 is 14.3 Å². The Bertz CT molecular complexity index is 637. The molecule has 4 heteroatoms. The number of aryl methyl sites for hydroxylation is 2. The largest absolute Gasteiger partial charge is 0.486 e. The second-order valence-corrected chi connectivity index (χ2v) is 6.41. The Labute approximate surface area is 131 Å². The summed E-state index contributed by atoms with van der Waals surface area (Å²) in [5.41, 5.74) is 2.53. The quantitative estimate of drug-likeness (QED) is 0.787. The van der Waals surface area contributed by atoms with Crippen LogP contribution in [0, 0.1) is 31.1 Å². The second kappa shape index (κ2) is 5.64. The summed E-state index contributed by atoms with van der Waals surface area (Å²) in [5.74, 6) is 1.61. The molecule has 2 aliphatic rings. The van der Waals surface area contributed by atoms with Gasteiger partial charge in [-0.2, -0.15) is 5.26 Å². The Morgan fingerprint density at radius 1 is 1.18 bits per heavy atom. The fourth-order valence-electron chi connectivity index (χ4n) is 3.82. The zero-order valence-corrected chi connectivity index (χ0v) is 13.1. The highest BCUT2D eigenvalue weighted by atomic mass is 16.6. The first-order valence-corrected chi connectivity index (χ1v) is 7.88. The molecular weight excluding hydrogens is 278 g/mol. The first-order valence-electron chi connectivity index (χ1n) is 7.88. The number of aldehydes is 1. The summed E-state index contributed by atoms with van der Waals surface area (Å²) in [6.07, 6.45) is 3.96. The first kappa shape index (κ1) is 14.9. The molecule has 1 heterocycles. The van der Waals surface area contributed by atoms with Gasteiger partial charge in [-0.3, -0.25) is 0 Å². The van der Waals surface area contributed by atoms with Crippen LogP contribution < -0.4 is 9.47 Å². The van der Waals surface area contributed by atoms with Crippen molar-refractivity contribution in [3.8, 4) is 17.6 Å². The minimum Gasteiger partial charge on any atom is -0.486 e. The Morgan fingerprint density at radius 2 is 1.82 bits per heavy atom. The number of rotatable bonds is 2. The smallest absolute Gasteiger partial charge is 0.166 e. The van der Waals surface area contributed by atoms with Gasteiger partial charge in [0.25, 0.3) is 0 Å². The monoisotopic (exact) mass is 299 g/mol. The highest BCUT2D eigenvalue weighted by Gasteiger charge is 2.42. The lowest BCUT2D eigenvalue weighted by Crippen LogP contribution is -2.33. The first-order chi connectivity index (χ1) is 10.6. The van der Waals surface area contributed by atoms with Gasteiger partial charge in [0.15, 0.2) is 11.5 Å². The number of carbonyl (C=O) groups is 1. The van der Waals surface area contributed by atoms with E-state index >= 15 is 0 Å². The number of ether oxygens (including phenoxy) is 2. The van der Waals surface area contributed by atoms with Crippen molar-refractivity contribution >= 4 is 6.29 Å². The lowest BCUT2D eigenvalue weighted by molar-refractivity contribution is -0.112. The number of benzene rings is 1. The summed E-state index contributed by atoms with van der Waals surface area (Å²) in [4.78, 5) is 11.0. The summed E-state index contributed by atoms with van der Waals surface area (Å²) in [6, 6.07) is 4.61. The van der Waals surface area contributed by atoms with E-state index in [1.165, 1.54) is 0 Å². The van der Waals surface area contributed by atoms with Crippen LogP contribution >= 0.6 is 0 Å². The molecule has 3 rings (SSSR count). The summed E-state index contributed by atoms with van der Waals surface area (Å²) in [7, 11) is 0. The van der Waals surface area contributed by atoms with Crippen LogP contribution in [0.2, 0.25) is 0 Å². The van der Waals surface area contributed by atoms with Gasteiger partial charge in [0, 0.05) is 11.5 Å². The molecule has 0 saturated heterocycles. The van der Waals surface area contributed by atoms with E-state index in [1.54, 1.807) is 0 Å². The molecule has 0 unspecified atom stereocenters. The van der Waals surface area contributed by atoms with Crippen molar-refractivity contribution in [3.63, 3.8) is 0 Å². The minimum absolute atomic E-state index is 0.0835. The van der Waals surface area contributed by atoms with Gasteiger partial charge in [0.2, 0.25) is 0 Å². The molecule has 1 aliphatic heterocycles. The van der Waals surface area contributed by atoms with Crippen LogP contribution in [0.3, 0.4) is 0 Å². The van der Waals surface area contributed by atoms with Crippen molar-refractivity contribution in [2.45, 2.75) is 44.9 Å². The molecule has 1 aromatic carbocycles. The van der Waals surface area contributed by atoms with Crippen molar-refractivity contribution in [2.75, 3.05) is 13.2 Å². The molecule has 116 valence electrons. The van der Waals surface area contributed by atoms with Gasteiger partial charge in [-0.15, -0.1) is 0 Å². The topological polar surface area (TPSA) is 59.3 Å². The molecule has 0 spiro atoms. The lowest BCUT2D eigenvalue weighted by atomic mass is 9.66. The van der Waals surface area contributed by atoms with Gasteiger partial charge >= 0.3 is 0 Å². The number of carbonyl (C=O) groups excluding carboxylic acids is 1. The zero-order chi connectivity index (χ0) is 15.7. The van der Waals surface area contributed by atoms with E-state index in [9.17, 15) is 10.1 Å². The van der Waals surface area contributed by atoms with Gasteiger partial charge in [-0.1, -0.05) is 6.07 Å². The Kier molecular flexibility index (Phi) is 3.82. The molecule has 0 N–H and O–H groups in total. The maximum Gasteiger partial charge on any atom is 0.166 e. The molecule has 0 radical (unpaired) electrons. The van der Waals surface area contributed by atoms with Crippen LogP contribution in [-0.2, 0) is 10.2 Å². The fourth-order valence-corrected chi connectivity index (χ4v) is 3.82. The highest BCUT2D eigenvalue weighted by molar-refractivity contribution is 5.61. The average Bonchev–Trinajstić information content (AvgIpc) is 2.55. The number of hydrogen-bond acceptors (Lipinski definition) is 4. The number of hydrogen-bond donors (Lipinski definition) is 0. The summed E-state index contributed by atoms with van der Waals surface area (Å²) >= 11 is 0. The van der Waals surface area contributed by atoms with Gasteiger partial charge in [0.05, 0.1) is 11.5 Å². The molecule has 1 aliphatic carbocycles. The van der Waals surface area contributed by atoms with Crippen LogP contribution in [0.5, 0.6) is 11.5 Å². The van der Waals surface area contributed by atoms with Gasteiger partial charge < -0.3 is 14.3 Å². The van der Waals surface area contributed by atoms with E-state index in [1.807, 2.05) is 13.8 Å². The minimum atomic E-state index is -0.567. The SMILES string of the molecule is Cc1cc(C)c(C2(C#N)CCC(C=O)CC2)c2c1OCCO2. The average molecular weight is 299 g/mol. The third kappa shape index (κ3) is 2.25. The fraction of sp³-hybridized carbons (Fsp3) is 0.556. The van der Waals surface area contributed by atoms with Crippen LogP contribution in [0.4, 0.5) is 0 Å². The van der Waals surface area contributed by atoms with Gasteiger partial charge in [0.1, 0.15) is 19.5 Å². The van der Waals surface area contributed by atoms with Gasteiger partial charge in [-0.25, -0.2) is 0 Å². The maximum atomic E-state index is 11.0. The van der Waals surface area contributed by atoms with Crippen molar-refractivity contribution in [1.29, 1.82) is 5.26 Å². The van der Waals surface area contributed by atoms with E-state index in [0.29, 0.717) is 26.1 Å². The number of nitriles is 1. The third-order valence-corrected chi connectivity index (χ3v) is 4.96. The van der Waals surface area contributed by atoms with Crippen LogP contribution in [-0.4, -0.2) is 19.5 Å². The molecule has 4 nitrogen and oxygen atoms in total. The second-order valence-electron chi connectivity index (χ2n) is 6.41. The van der Waals surface area contributed by atoms with Crippen LogP contribution in [0.25, 0.3) is 0 Å². The van der Waals surface area contributed by atoms with Gasteiger partial charge in [-0.05, 0) is 50.7 Å². The molecule has 1 fully saturated rings. The molecule has 0 bridgehead atoms. The van der Waals surface area contributed by atoms with Crippen LogP contribution in [0.15, 0.2) is 6.07 Å². The van der Waals surface area contributed by atoms with E-state index in [0.717, 1.165) is 47.3 Å². The third-order valence-electron chi connectivity index (χ3n) is 4.96. The standard InChI is InChI=1S/C18H21NO3/c1-12-9-13(2)16-17(22-8-7-21-16)15(12)18(11-19)5-3-14(10-20)4-6-18/h9-10,14H,3-8H2,1-2H3. The predicted octanol–water partition coefficient (Wildman–Crippen LogP) is 3.23. The normalized spacial score (nSPS) is 27.0. The van der Waals surface area contributed by atoms with Crippen molar-refractivity contribution in [3.05, 3.63) is 22.8 Å². The van der Waals surface area contributed by atoms with Crippen molar-refractivity contribution in [2.24, 2.45) is 5.92 Å². The Hall–Kier alpha value is -2.02. The zero-order valence-electron chi connectivity index (χ0n) is 13.1. The highest BCUT2D eigenvalue weighted by Crippen LogP contribution is 2.50. The Balaban J connectivity index is 2.10. The molecule has 0 aromatic heterocycles. The lowest BCUT2D eigenvalue weighted by Gasteiger charge is -2.37. The molecule has 22 heavy (non-hydrogen) atoms. The summed E-state index contributed by atoms with van der Waals surface area (Å²) in [5, 5.41) is 9.91. The predicted molar refractivity (Wildman–Crippen MR) is 82.2 cm³/mol. The van der Waals surface area contributed by atoms with E-state index in [-0.39, 0.29) is 5.92 Å². The molecular formula is C18H21NO3. The molecule has 0 atom stereocenters. The number of nitrogens with zero attached hydrogens (tertiary/aromatic N) is 1. The molecule has 0 amide bonds. The van der Waals surface area contributed by atoms with E-state index < -0.39 is 5.41 Å². The van der Waals surface area contributed by atoms with E-state index in [2.05, 4.69) is 12.1 Å². The number of fused-ring (bicyclic) bond motifs is 1. The summed E-state index contributed by atoms with van der Waals surface area (Å²) in [6.45, 7) is 5.10. The molecule has 1 saturated carbocycles. The van der Waals surface area contributed by atoms with Crippen molar-refractivity contribution in [1.82, 2.24) is 0 Å². The maximum absolute atomic E-state index is 11.0. The van der Waals surface area contributed by atoms with Crippen LogP contribution in [0.1, 0.15) is 42.4 Å².